The zero-order valence-corrected chi connectivity index (χ0v) is 34.7. The molecule has 23 nitrogen and oxygen atoms in total. The van der Waals surface area contributed by atoms with Crippen LogP contribution in [0.15, 0.2) is 30.3 Å². The van der Waals surface area contributed by atoms with E-state index in [1.54, 1.807) is 58.0 Å². The topological polar surface area (TPSA) is 371 Å². The second kappa shape index (κ2) is 24.8. The number of nitrogens with two attached hydrogens (primary N) is 2. The number of primary amides is 1. The summed E-state index contributed by atoms with van der Waals surface area (Å²) in [5.41, 5.74) is 11.3. The van der Waals surface area contributed by atoms with E-state index in [0.717, 1.165) is 0 Å². The minimum absolute atomic E-state index is 0.0603. The second-order valence-corrected chi connectivity index (χ2v) is 15.2. The van der Waals surface area contributed by atoms with Crippen LogP contribution in [0, 0.1) is 11.8 Å². The zero-order valence-electron chi connectivity index (χ0n) is 34.7. The van der Waals surface area contributed by atoms with E-state index in [1.165, 1.54) is 6.92 Å². The maximum absolute atomic E-state index is 13.8. The molecule has 1 saturated heterocycles. The van der Waals surface area contributed by atoms with Gasteiger partial charge in [-0.3, -0.25) is 47.9 Å². The average molecular weight is 862 g/mol. The van der Waals surface area contributed by atoms with Gasteiger partial charge in [-0.05, 0) is 30.7 Å². The average Bonchev–Trinajstić information content (AvgIpc) is 3.20. The predicted octanol–water partition coefficient (Wildman–Crippen LogP) is -6.22. The number of aliphatic hydroxyl groups excluding tert-OH is 2. The number of hydrogen-bond donors (Lipinski definition) is 13. The molecule has 1 heterocycles. The van der Waals surface area contributed by atoms with Gasteiger partial charge in [-0.25, -0.2) is 0 Å². The molecule has 0 spiro atoms. The molecule has 1 aromatic carbocycles. The van der Waals surface area contributed by atoms with Crippen molar-refractivity contribution >= 4 is 59.1 Å². The van der Waals surface area contributed by atoms with Crippen LogP contribution in [0.4, 0.5) is 0 Å². The van der Waals surface area contributed by atoms with Gasteiger partial charge in [-0.1, -0.05) is 58.0 Å². The van der Waals surface area contributed by atoms with E-state index in [0.29, 0.717) is 5.56 Å². The monoisotopic (exact) mass is 861 g/mol. The molecule has 0 radical (unpaired) electrons. The molecule has 23 heteroatoms. The lowest BCUT2D eigenvalue weighted by Gasteiger charge is -2.29. The standard InChI is InChI=1S/C38H59N11O12/c1-18(2)11-22-34(57)44-23(12-21-9-7-6-8-10-21)32(55)41-15-25(35(58)47-27(17-51)37(60)48-26(16-50)36(59)43-22)46-31(54)20(5)42-33(56)24(13-28(40)52)45-38(61)30(19(3)4)49-29(53)14-39/h6-10,18-20,22-27,30,50-51H,11-17,39H2,1-5H3,(H2,40,52)(H,41,55)(H,42,56)(H,43,59)(H,44,57)(H,45,61)(H,46,54)(H,47,58)(H,48,60)(H,49,53)/t20-,22-,23-,24-,25-,26-,27-,30-/m0/s1. The van der Waals surface area contributed by atoms with E-state index in [-0.39, 0.29) is 18.8 Å². The summed E-state index contributed by atoms with van der Waals surface area (Å²) in [5.74, 6) is -10.2. The van der Waals surface area contributed by atoms with Crippen molar-refractivity contribution in [3.63, 3.8) is 0 Å². The summed E-state index contributed by atoms with van der Waals surface area (Å²) < 4.78 is 0. The van der Waals surface area contributed by atoms with Crippen LogP contribution >= 0.6 is 0 Å². The Balaban J connectivity index is 2.46. The Morgan fingerprint density at radius 1 is 0.705 bits per heavy atom. The molecule has 0 bridgehead atoms. The summed E-state index contributed by atoms with van der Waals surface area (Å²) in [6, 6.07) is -3.46. The van der Waals surface area contributed by atoms with Crippen molar-refractivity contribution in [2.24, 2.45) is 23.3 Å². The number of benzene rings is 1. The zero-order chi connectivity index (χ0) is 46.0. The van der Waals surface area contributed by atoms with Crippen molar-refractivity contribution < 1.29 is 58.2 Å². The summed E-state index contributed by atoms with van der Waals surface area (Å²) in [6.45, 7) is 4.86. The molecule has 0 saturated carbocycles. The Kier molecular flexibility index (Phi) is 20.7. The minimum Gasteiger partial charge on any atom is -0.394 e. The van der Waals surface area contributed by atoms with Crippen molar-refractivity contribution in [1.29, 1.82) is 0 Å². The molecule has 0 aromatic heterocycles. The van der Waals surface area contributed by atoms with Crippen LogP contribution in [0.3, 0.4) is 0 Å². The molecule has 61 heavy (non-hydrogen) atoms. The third-order valence-corrected chi connectivity index (χ3v) is 9.24. The van der Waals surface area contributed by atoms with Gasteiger partial charge in [0.15, 0.2) is 0 Å². The van der Waals surface area contributed by atoms with Gasteiger partial charge in [0.2, 0.25) is 59.1 Å². The Morgan fingerprint density at radius 2 is 1.25 bits per heavy atom. The number of rotatable bonds is 17. The first kappa shape index (κ1) is 50.9. The van der Waals surface area contributed by atoms with Crippen LogP contribution < -0.4 is 59.3 Å². The molecule has 0 aliphatic carbocycles. The summed E-state index contributed by atoms with van der Waals surface area (Å²) in [4.78, 5) is 131. The first-order valence-electron chi connectivity index (χ1n) is 19.6. The van der Waals surface area contributed by atoms with E-state index in [4.69, 9.17) is 11.5 Å². The smallest absolute Gasteiger partial charge is 0.245 e. The molecule has 1 aliphatic heterocycles. The number of nitrogens with one attached hydrogen (secondary N) is 9. The highest BCUT2D eigenvalue weighted by Gasteiger charge is 2.36. The fourth-order valence-electron chi connectivity index (χ4n) is 5.89. The SMILES string of the molecule is CC(C)C[C@@H]1NC(=O)[C@H](CO)NC(=O)[C@H](CO)NC(=O)[C@@H](NC(=O)[C@H](C)NC(=O)[C@H](CC(N)=O)NC(=O)[C@@H](NC(=O)CN)C(C)C)CNC(=O)[C@H](Cc2ccccc2)NC1=O. The molecule has 8 atom stereocenters. The van der Waals surface area contributed by atoms with E-state index in [9.17, 15) is 58.2 Å². The number of carbonyl (C=O) groups is 10. The summed E-state index contributed by atoms with van der Waals surface area (Å²) in [5, 5.41) is 41.5. The van der Waals surface area contributed by atoms with Crippen molar-refractivity contribution in [3.05, 3.63) is 35.9 Å². The summed E-state index contributed by atoms with van der Waals surface area (Å²) in [7, 11) is 0. The molecule has 15 N–H and O–H groups in total. The van der Waals surface area contributed by atoms with E-state index < -0.39 is 146 Å². The Hall–Kier alpha value is -6.20. The van der Waals surface area contributed by atoms with Crippen molar-refractivity contribution in [3.8, 4) is 0 Å². The third-order valence-electron chi connectivity index (χ3n) is 9.24. The van der Waals surface area contributed by atoms with E-state index in [2.05, 4.69) is 47.9 Å². The van der Waals surface area contributed by atoms with Gasteiger partial charge in [0.25, 0.3) is 0 Å². The van der Waals surface area contributed by atoms with Crippen molar-refractivity contribution in [1.82, 2.24) is 47.9 Å². The van der Waals surface area contributed by atoms with Gasteiger partial charge in [-0.2, -0.15) is 0 Å². The van der Waals surface area contributed by atoms with Gasteiger partial charge in [0.05, 0.1) is 26.2 Å². The van der Waals surface area contributed by atoms with Crippen LogP contribution in [-0.2, 0) is 54.4 Å². The Morgan fingerprint density at radius 3 is 1.77 bits per heavy atom. The third kappa shape index (κ3) is 16.8. The largest absolute Gasteiger partial charge is 0.394 e. The molecule has 10 amide bonds. The lowest BCUT2D eigenvalue weighted by Crippen LogP contribution is -2.63. The van der Waals surface area contributed by atoms with Crippen molar-refractivity contribution in [2.75, 3.05) is 26.3 Å². The number of aliphatic hydroxyl groups is 2. The fraction of sp³-hybridized carbons (Fsp3) is 0.579. The molecular weight excluding hydrogens is 802 g/mol. The summed E-state index contributed by atoms with van der Waals surface area (Å²) >= 11 is 0. The lowest BCUT2D eigenvalue weighted by molar-refractivity contribution is -0.137. The van der Waals surface area contributed by atoms with Gasteiger partial charge in [0.1, 0.15) is 48.3 Å². The highest BCUT2D eigenvalue weighted by molar-refractivity contribution is 5.99. The highest BCUT2D eigenvalue weighted by atomic mass is 16.3. The van der Waals surface area contributed by atoms with Gasteiger partial charge >= 0.3 is 0 Å². The van der Waals surface area contributed by atoms with Gasteiger partial charge in [0, 0.05) is 13.0 Å². The van der Waals surface area contributed by atoms with Crippen LogP contribution in [0.1, 0.15) is 53.0 Å². The predicted molar refractivity (Wildman–Crippen MR) is 216 cm³/mol. The highest BCUT2D eigenvalue weighted by Crippen LogP contribution is 2.10. The van der Waals surface area contributed by atoms with Crippen LogP contribution in [0.2, 0.25) is 0 Å². The Bertz CT molecular complexity index is 1750. The first-order valence-corrected chi connectivity index (χ1v) is 19.6. The number of carbonyl (C=O) groups excluding carboxylic acids is 10. The van der Waals surface area contributed by atoms with Gasteiger partial charge in [-0.15, -0.1) is 0 Å². The number of amides is 10. The van der Waals surface area contributed by atoms with Gasteiger partial charge < -0.3 is 69.5 Å². The molecule has 1 aromatic rings. The molecule has 1 fully saturated rings. The lowest BCUT2D eigenvalue weighted by atomic mass is 10.0. The Labute approximate surface area is 352 Å². The molecule has 0 unspecified atom stereocenters. The number of hydrogen-bond acceptors (Lipinski definition) is 13. The molecule has 338 valence electrons. The maximum atomic E-state index is 13.8. The quantitative estimate of drug-likeness (QED) is 0.0695. The summed E-state index contributed by atoms with van der Waals surface area (Å²) in [6.07, 6.45) is -0.696. The van der Waals surface area contributed by atoms with Crippen LogP contribution in [0.5, 0.6) is 0 Å². The fourth-order valence-corrected chi connectivity index (χ4v) is 5.89. The molecule has 1 aliphatic rings. The molecule has 2 rings (SSSR count). The maximum Gasteiger partial charge on any atom is 0.245 e. The van der Waals surface area contributed by atoms with E-state index >= 15 is 0 Å². The van der Waals surface area contributed by atoms with Crippen molar-refractivity contribution in [2.45, 2.75) is 102 Å². The van der Waals surface area contributed by atoms with Crippen LogP contribution in [0.25, 0.3) is 0 Å². The first-order chi connectivity index (χ1) is 28.7. The second-order valence-electron chi connectivity index (χ2n) is 15.2. The minimum atomic E-state index is -1.77. The van der Waals surface area contributed by atoms with Crippen LogP contribution in [-0.4, -0.2) is 144 Å². The normalized spacial score (nSPS) is 21.9. The van der Waals surface area contributed by atoms with E-state index in [1.807, 2.05) is 0 Å². The molecular formula is C38H59N11O12.